The normalized spacial score (nSPS) is 13.0. The molecule has 0 fully saturated rings. The van der Waals surface area contributed by atoms with Crippen LogP contribution in [0.3, 0.4) is 0 Å². The van der Waals surface area contributed by atoms with E-state index in [4.69, 9.17) is 5.73 Å². The first-order chi connectivity index (χ1) is 7.68. The summed E-state index contributed by atoms with van der Waals surface area (Å²) in [5, 5.41) is 0. The number of hydrogen-bond donors (Lipinski definition) is 1. The Hall–Kier alpha value is -0.470. The Morgan fingerprint density at radius 2 is 1.88 bits per heavy atom. The zero-order chi connectivity index (χ0) is 11.8. The minimum atomic E-state index is 0.378. The molecule has 1 unspecified atom stereocenters. The van der Waals surface area contributed by atoms with Crippen LogP contribution in [0, 0.1) is 5.92 Å². The maximum Gasteiger partial charge on any atom is 0.0184 e. The molecule has 0 aliphatic carbocycles. The van der Waals surface area contributed by atoms with E-state index in [1.54, 1.807) is 0 Å². The molecule has 2 heteroatoms. The van der Waals surface area contributed by atoms with Crippen LogP contribution >= 0.6 is 11.8 Å². The minimum Gasteiger partial charge on any atom is -0.328 e. The maximum absolute atomic E-state index is 6.04. The maximum atomic E-state index is 6.04. The van der Waals surface area contributed by atoms with Gasteiger partial charge in [-0.2, -0.15) is 11.8 Å². The Kier molecular flexibility index (Phi) is 6.58. The molecule has 0 aliphatic heterocycles. The van der Waals surface area contributed by atoms with Crippen LogP contribution < -0.4 is 5.73 Å². The molecular weight excluding hydrogens is 214 g/mol. The summed E-state index contributed by atoms with van der Waals surface area (Å²) in [5.41, 5.74) is 7.45. The highest BCUT2D eigenvalue weighted by Gasteiger charge is 2.04. The van der Waals surface area contributed by atoms with Gasteiger partial charge in [-0.25, -0.2) is 0 Å². The third-order valence-electron chi connectivity index (χ3n) is 2.52. The lowest BCUT2D eigenvalue weighted by Crippen LogP contribution is -2.22. The molecule has 1 atom stereocenters. The van der Waals surface area contributed by atoms with Gasteiger partial charge in [0.25, 0.3) is 0 Å². The fourth-order valence-electron chi connectivity index (χ4n) is 1.72. The summed E-state index contributed by atoms with van der Waals surface area (Å²) in [7, 11) is 0. The van der Waals surface area contributed by atoms with Crippen molar-refractivity contribution in [3.05, 3.63) is 35.9 Å². The standard InChI is InChI=1S/C14H23NS/c1-12(2)10-14(15)8-9-16-11-13-6-4-3-5-7-13/h3-7,12,14H,8-11,15H2,1-2H3. The lowest BCUT2D eigenvalue weighted by molar-refractivity contribution is 0.488. The van der Waals surface area contributed by atoms with E-state index in [9.17, 15) is 0 Å². The molecule has 0 saturated heterocycles. The summed E-state index contributed by atoms with van der Waals surface area (Å²) < 4.78 is 0. The second-order valence-corrected chi connectivity index (χ2v) is 5.82. The van der Waals surface area contributed by atoms with Gasteiger partial charge in [-0.05, 0) is 30.1 Å². The molecule has 1 aromatic rings. The highest BCUT2D eigenvalue weighted by Crippen LogP contribution is 2.15. The van der Waals surface area contributed by atoms with Crippen LogP contribution in [0.1, 0.15) is 32.3 Å². The summed E-state index contributed by atoms with van der Waals surface area (Å²) in [5.74, 6) is 2.99. The van der Waals surface area contributed by atoms with Crippen molar-refractivity contribution in [2.45, 2.75) is 38.5 Å². The molecular formula is C14H23NS. The van der Waals surface area contributed by atoms with Gasteiger partial charge in [-0.1, -0.05) is 44.2 Å². The van der Waals surface area contributed by atoms with Crippen molar-refractivity contribution in [1.82, 2.24) is 0 Å². The van der Waals surface area contributed by atoms with Gasteiger partial charge >= 0.3 is 0 Å². The van der Waals surface area contributed by atoms with Crippen LogP contribution in [0.4, 0.5) is 0 Å². The van der Waals surface area contributed by atoms with E-state index in [2.05, 4.69) is 44.2 Å². The number of nitrogens with two attached hydrogens (primary N) is 1. The number of hydrogen-bond acceptors (Lipinski definition) is 2. The molecule has 0 radical (unpaired) electrons. The van der Waals surface area contributed by atoms with E-state index in [1.165, 1.54) is 11.3 Å². The second kappa shape index (κ2) is 7.75. The predicted molar refractivity (Wildman–Crippen MR) is 74.7 cm³/mol. The Bertz CT molecular complexity index is 271. The molecule has 16 heavy (non-hydrogen) atoms. The molecule has 0 bridgehead atoms. The lowest BCUT2D eigenvalue weighted by Gasteiger charge is -2.13. The van der Waals surface area contributed by atoms with E-state index in [0.717, 1.165) is 18.6 Å². The van der Waals surface area contributed by atoms with Gasteiger partial charge in [0.05, 0.1) is 0 Å². The second-order valence-electron chi connectivity index (χ2n) is 4.72. The van der Waals surface area contributed by atoms with E-state index < -0.39 is 0 Å². The summed E-state index contributed by atoms with van der Waals surface area (Å²) in [6.07, 6.45) is 2.28. The summed E-state index contributed by atoms with van der Waals surface area (Å²) in [6.45, 7) is 4.47. The van der Waals surface area contributed by atoms with Gasteiger partial charge in [0.2, 0.25) is 0 Å². The van der Waals surface area contributed by atoms with Crippen LogP contribution in [0.2, 0.25) is 0 Å². The molecule has 0 heterocycles. The van der Waals surface area contributed by atoms with Crippen LogP contribution in [0.25, 0.3) is 0 Å². The van der Waals surface area contributed by atoms with Crippen molar-refractivity contribution in [1.29, 1.82) is 0 Å². The first kappa shape index (κ1) is 13.6. The van der Waals surface area contributed by atoms with Crippen LogP contribution in [0.15, 0.2) is 30.3 Å². The summed E-state index contributed by atoms with van der Waals surface area (Å²) in [4.78, 5) is 0. The topological polar surface area (TPSA) is 26.0 Å². The Labute approximate surface area is 104 Å². The first-order valence-corrected chi connectivity index (χ1v) is 7.21. The molecule has 1 aromatic carbocycles. The molecule has 0 amide bonds. The van der Waals surface area contributed by atoms with Crippen molar-refractivity contribution in [3.63, 3.8) is 0 Å². The van der Waals surface area contributed by atoms with Gasteiger partial charge in [0.1, 0.15) is 0 Å². The molecule has 0 aromatic heterocycles. The van der Waals surface area contributed by atoms with Crippen LogP contribution in [0.5, 0.6) is 0 Å². The van der Waals surface area contributed by atoms with Gasteiger partial charge in [-0.3, -0.25) is 0 Å². The van der Waals surface area contributed by atoms with Gasteiger partial charge in [0, 0.05) is 11.8 Å². The number of rotatable bonds is 7. The number of benzene rings is 1. The summed E-state index contributed by atoms with van der Waals surface area (Å²) in [6, 6.07) is 11.0. The SMILES string of the molecule is CC(C)CC(N)CCSCc1ccccc1. The Balaban J connectivity index is 2.08. The van der Waals surface area contributed by atoms with E-state index in [-0.39, 0.29) is 0 Å². The minimum absolute atomic E-state index is 0.378. The molecule has 1 rings (SSSR count). The average molecular weight is 237 g/mol. The van der Waals surface area contributed by atoms with Gasteiger partial charge in [0.15, 0.2) is 0 Å². The Morgan fingerprint density at radius 1 is 1.19 bits per heavy atom. The third-order valence-corrected chi connectivity index (χ3v) is 3.58. The molecule has 90 valence electrons. The van der Waals surface area contributed by atoms with Crippen molar-refractivity contribution < 1.29 is 0 Å². The quantitative estimate of drug-likeness (QED) is 0.732. The zero-order valence-electron chi connectivity index (χ0n) is 10.4. The highest BCUT2D eigenvalue weighted by molar-refractivity contribution is 7.98. The third kappa shape index (κ3) is 6.19. The van der Waals surface area contributed by atoms with E-state index in [1.807, 2.05) is 11.8 Å². The average Bonchev–Trinajstić information content (AvgIpc) is 2.25. The molecule has 0 saturated carbocycles. The Morgan fingerprint density at radius 3 is 2.50 bits per heavy atom. The van der Waals surface area contributed by atoms with Gasteiger partial charge < -0.3 is 5.73 Å². The molecule has 1 nitrogen and oxygen atoms in total. The molecule has 0 spiro atoms. The van der Waals surface area contributed by atoms with Crippen LogP contribution in [-0.2, 0) is 5.75 Å². The smallest absolute Gasteiger partial charge is 0.0184 e. The van der Waals surface area contributed by atoms with Crippen molar-refractivity contribution in [2.24, 2.45) is 11.7 Å². The zero-order valence-corrected chi connectivity index (χ0v) is 11.2. The lowest BCUT2D eigenvalue weighted by atomic mass is 10.0. The van der Waals surface area contributed by atoms with Crippen molar-refractivity contribution in [3.8, 4) is 0 Å². The largest absolute Gasteiger partial charge is 0.328 e. The monoisotopic (exact) mass is 237 g/mol. The van der Waals surface area contributed by atoms with E-state index >= 15 is 0 Å². The van der Waals surface area contributed by atoms with Crippen LogP contribution in [-0.4, -0.2) is 11.8 Å². The fraction of sp³-hybridized carbons (Fsp3) is 0.571. The molecule has 0 aliphatic rings. The first-order valence-electron chi connectivity index (χ1n) is 6.05. The molecule has 2 N–H and O–H groups in total. The van der Waals surface area contributed by atoms with E-state index in [0.29, 0.717) is 12.0 Å². The van der Waals surface area contributed by atoms with Gasteiger partial charge in [-0.15, -0.1) is 0 Å². The van der Waals surface area contributed by atoms with Crippen molar-refractivity contribution in [2.75, 3.05) is 5.75 Å². The highest BCUT2D eigenvalue weighted by atomic mass is 32.2. The summed E-state index contributed by atoms with van der Waals surface area (Å²) >= 11 is 1.98. The van der Waals surface area contributed by atoms with Crippen molar-refractivity contribution >= 4 is 11.8 Å². The fourth-order valence-corrected chi connectivity index (χ4v) is 2.76. The number of thioether (sulfide) groups is 1. The predicted octanol–water partition coefficient (Wildman–Crippen LogP) is 3.68.